The summed E-state index contributed by atoms with van der Waals surface area (Å²) in [5, 5.41) is 3.39. The average Bonchev–Trinajstić information content (AvgIpc) is 2.47. The van der Waals surface area contributed by atoms with Crippen molar-refractivity contribution < 1.29 is 4.79 Å². The normalized spacial score (nSPS) is 10.3. The van der Waals surface area contributed by atoms with E-state index in [4.69, 9.17) is 11.6 Å². The van der Waals surface area contributed by atoms with Gasteiger partial charge in [-0.25, -0.2) is 9.97 Å². The molecule has 2 rings (SSSR count). The van der Waals surface area contributed by atoms with Gasteiger partial charge in [0, 0.05) is 25.5 Å². The quantitative estimate of drug-likeness (QED) is 0.882. The van der Waals surface area contributed by atoms with E-state index >= 15 is 0 Å². The highest BCUT2D eigenvalue weighted by Crippen LogP contribution is 2.25. The van der Waals surface area contributed by atoms with E-state index < -0.39 is 0 Å². The van der Waals surface area contributed by atoms with Gasteiger partial charge >= 0.3 is 0 Å². The average molecular weight is 305 g/mol. The predicted molar refractivity (Wildman–Crippen MR) is 85.1 cm³/mol. The summed E-state index contributed by atoms with van der Waals surface area (Å²) in [6.45, 7) is 4.49. The zero-order valence-corrected chi connectivity index (χ0v) is 13.0. The van der Waals surface area contributed by atoms with Crippen LogP contribution in [0.15, 0.2) is 30.5 Å². The van der Waals surface area contributed by atoms with Crippen molar-refractivity contribution in [3.63, 3.8) is 0 Å². The lowest BCUT2D eigenvalue weighted by Crippen LogP contribution is -2.28. The standard InChI is InChI=1S/C15H17ClN4O/c1-4-17-14-11(6-5-9-18-14)15(21)20(3)12-8-7-10(2)19-13(12)16/h5-9H,4H2,1-3H3,(H,17,18). The molecule has 0 bridgehead atoms. The molecule has 0 unspecified atom stereocenters. The number of hydrogen-bond donors (Lipinski definition) is 1. The smallest absolute Gasteiger partial charge is 0.261 e. The second kappa shape index (κ2) is 6.54. The van der Waals surface area contributed by atoms with Gasteiger partial charge in [-0.3, -0.25) is 4.79 Å². The van der Waals surface area contributed by atoms with Crippen molar-refractivity contribution in [2.45, 2.75) is 13.8 Å². The van der Waals surface area contributed by atoms with Crippen LogP contribution in [0.2, 0.25) is 5.15 Å². The highest BCUT2D eigenvalue weighted by atomic mass is 35.5. The van der Waals surface area contributed by atoms with Crippen LogP contribution in [0.1, 0.15) is 23.0 Å². The maximum atomic E-state index is 12.6. The lowest BCUT2D eigenvalue weighted by Gasteiger charge is -2.19. The van der Waals surface area contributed by atoms with Crippen LogP contribution < -0.4 is 10.2 Å². The van der Waals surface area contributed by atoms with Crippen LogP contribution >= 0.6 is 11.6 Å². The van der Waals surface area contributed by atoms with Gasteiger partial charge in [0.2, 0.25) is 0 Å². The third-order valence-electron chi connectivity index (χ3n) is 3.02. The van der Waals surface area contributed by atoms with E-state index in [0.29, 0.717) is 28.8 Å². The number of halogens is 1. The molecule has 0 aliphatic rings. The summed E-state index contributed by atoms with van der Waals surface area (Å²) in [4.78, 5) is 22.5. The molecule has 5 nitrogen and oxygen atoms in total. The van der Waals surface area contributed by atoms with E-state index in [0.717, 1.165) is 5.69 Å². The number of nitrogens with one attached hydrogen (secondary N) is 1. The van der Waals surface area contributed by atoms with Gasteiger partial charge in [-0.15, -0.1) is 0 Å². The maximum absolute atomic E-state index is 12.6. The Morgan fingerprint density at radius 3 is 2.81 bits per heavy atom. The third-order valence-corrected chi connectivity index (χ3v) is 3.29. The molecule has 0 atom stereocenters. The predicted octanol–water partition coefficient (Wildman–Crippen LogP) is 3.15. The Hall–Kier alpha value is -2.14. The van der Waals surface area contributed by atoms with Crippen LogP contribution in [0.25, 0.3) is 0 Å². The van der Waals surface area contributed by atoms with E-state index in [1.54, 1.807) is 31.4 Å². The van der Waals surface area contributed by atoms with Crippen molar-refractivity contribution in [3.05, 3.63) is 46.9 Å². The second-order valence-electron chi connectivity index (χ2n) is 4.56. The summed E-state index contributed by atoms with van der Waals surface area (Å²) in [5.41, 5.74) is 1.87. The Bertz CT molecular complexity index is 660. The minimum atomic E-state index is -0.188. The molecule has 0 aromatic carbocycles. The van der Waals surface area contributed by atoms with Crippen LogP contribution in [-0.2, 0) is 0 Å². The molecule has 2 aromatic heterocycles. The van der Waals surface area contributed by atoms with Gasteiger partial charge in [0.1, 0.15) is 5.82 Å². The Morgan fingerprint density at radius 2 is 2.14 bits per heavy atom. The summed E-state index contributed by atoms with van der Waals surface area (Å²) < 4.78 is 0. The Morgan fingerprint density at radius 1 is 1.38 bits per heavy atom. The lowest BCUT2D eigenvalue weighted by molar-refractivity contribution is 0.0993. The first-order chi connectivity index (χ1) is 10.0. The number of pyridine rings is 2. The molecule has 0 aliphatic heterocycles. The number of amides is 1. The summed E-state index contributed by atoms with van der Waals surface area (Å²) in [7, 11) is 1.67. The van der Waals surface area contributed by atoms with E-state index in [1.165, 1.54) is 4.90 Å². The van der Waals surface area contributed by atoms with Gasteiger partial charge in [0.05, 0.1) is 11.3 Å². The van der Waals surface area contributed by atoms with E-state index in [9.17, 15) is 4.79 Å². The molecule has 1 amide bonds. The second-order valence-corrected chi connectivity index (χ2v) is 4.91. The van der Waals surface area contributed by atoms with Crippen molar-refractivity contribution in [2.75, 3.05) is 23.8 Å². The number of rotatable bonds is 4. The van der Waals surface area contributed by atoms with Crippen LogP contribution in [0.3, 0.4) is 0 Å². The first-order valence-electron chi connectivity index (χ1n) is 6.64. The van der Waals surface area contributed by atoms with Gasteiger partial charge in [0.15, 0.2) is 5.15 Å². The van der Waals surface area contributed by atoms with Crippen LogP contribution in [-0.4, -0.2) is 29.5 Å². The van der Waals surface area contributed by atoms with Crippen LogP contribution in [0, 0.1) is 6.92 Å². The zero-order valence-electron chi connectivity index (χ0n) is 12.2. The fourth-order valence-electron chi connectivity index (χ4n) is 1.94. The van der Waals surface area contributed by atoms with E-state index in [-0.39, 0.29) is 5.91 Å². The molecule has 2 heterocycles. The molecule has 0 radical (unpaired) electrons. The maximum Gasteiger partial charge on any atom is 0.261 e. The highest BCUT2D eigenvalue weighted by molar-refractivity contribution is 6.32. The Balaban J connectivity index is 2.35. The molecule has 0 saturated heterocycles. The number of anilines is 2. The molecule has 0 saturated carbocycles. The van der Waals surface area contributed by atoms with E-state index in [1.807, 2.05) is 19.9 Å². The number of aromatic nitrogens is 2. The topological polar surface area (TPSA) is 58.1 Å². The van der Waals surface area contributed by atoms with Crippen molar-refractivity contribution >= 4 is 29.0 Å². The first-order valence-corrected chi connectivity index (χ1v) is 7.02. The number of nitrogens with zero attached hydrogens (tertiary/aromatic N) is 3. The molecule has 21 heavy (non-hydrogen) atoms. The van der Waals surface area contributed by atoms with Crippen molar-refractivity contribution in [3.8, 4) is 0 Å². The summed E-state index contributed by atoms with van der Waals surface area (Å²) in [6.07, 6.45) is 1.65. The Kier molecular flexibility index (Phi) is 4.75. The van der Waals surface area contributed by atoms with Crippen LogP contribution in [0.4, 0.5) is 11.5 Å². The molecule has 2 aromatic rings. The number of aryl methyl sites for hydroxylation is 1. The van der Waals surface area contributed by atoms with Gasteiger partial charge < -0.3 is 10.2 Å². The highest BCUT2D eigenvalue weighted by Gasteiger charge is 2.19. The fourth-order valence-corrected chi connectivity index (χ4v) is 2.27. The number of carbonyl (C=O) groups is 1. The van der Waals surface area contributed by atoms with Crippen LogP contribution in [0.5, 0.6) is 0 Å². The van der Waals surface area contributed by atoms with Gasteiger partial charge in [0.25, 0.3) is 5.91 Å². The SMILES string of the molecule is CCNc1ncccc1C(=O)N(C)c1ccc(C)nc1Cl. The minimum absolute atomic E-state index is 0.188. The molecular weight excluding hydrogens is 288 g/mol. The Labute approximate surface area is 129 Å². The van der Waals surface area contributed by atoms with Crippen molar-refractivity contribution in [1.29, 1.82) is 0 Å². The summed E-state index contributed by atoms with van der Waals surface area (Å²) in [5.74, 6) is 0.375. The lowest BCUT2D eigenvalue weighted by atomic mass is 10.2. The number of carbonyl (C=O) groups excluding carboxylic acids is 1. The minimum Gasteiger partial charge on any atom is -0.370 e. The molecule has 0 aliphatic carbocycles. The molecule has 1 N–H and O–H groups in total. The largest absolute Gasteiger partial charge is 0.370 e. The van der Waals surface area contributed by atoms with Gasteiger partial charge in [-0.05, 0) is 38.1 Å². The molecule has 6 heteroatoms. The first kappa shape index (κ1) is 15.3. The van der Waals surface area contributed by atoms with Crippen molar-refractivity contribution in [2.24, 2.45) is 0 Å². The number of hydrogen-bond acceptors (Lipinski definition) is 4. The molecule has 110 valence electrons. The third kappa shape index (κ3) is 3.31. The molecule has 0 spiro atoms. The van der Waals surface area contributed by atoms with Crippen molar-refractivity contribution in [1.82, 2.24) is 9.97 Å². The fraction of sp³-hybridized carbons (Fsp3) is 0.267. The van der Waals surface area contributed by atoms with Gasteiger partial charge in [-0.2, -0.15) is 0 Å². The van der Waals surface area contributed by atoms with E-state index in [2.05, 4.69) is 15.3 Å². The summed E-state index contributed by atoms with van der Waals surface area (Å²) >= 11 is 6.12. The van der Waals surface area contributed by atoms with Gasteiger partial charge in [-0.1, -0.05) is 11.6 Å². The molecular formula is C15H17ClN4O. The zero-order chi connectivity index (χ0) is 15.4. The summed E-state index contributed by atoms with van der Waals surface area (Å²) in [6, 6.07) is 7.07. The molecule has 0 fully saturated rings. The monoisotopic (exact) mass is 304 g/mol.